The smallest absolute Gasteiger partial charge is 0.327 e. The van der Waals surface area contributed by atoms with E-state index in [0.29, 0.717) is 26.2 Å². The molecule has 2 saturated heterocycles. The fraction of sp³-hybridized carbons (Fsp3) is 0.812. The molecule has 2 aliphatic rings. The van der Waals surface area contributed by atoms with Gasteiger partial charge in [-0.1, -0.05) is 20.8 Å². The van der Waals surface area contributed by atoms with Crippen LogP contribution in [0.3, 0.4) is 0 Å². The lowest BCUT2D eigenvalue weighted by atomic mass is 9.92. The summed E-state index contributed by atoms with van der Waals surface area (Å²) in [5.41, 5.74) is -0.386. The minimum absolute atomic E-state index is 0.0306. The summed E-state index contributed by atoms with van der Waals surface area (Å²) < 4.78 is 4.94. The van der Waals surface area contributed by atoms with Crippen LogP contribution in [-0.4, -0.2) is 78.5 Å². The predicted octanol–water partition coefficient (Wildman–Crippen LogP) is 0.934. The van der Waals surface area contributed by atoms with E-state index in [2.05, 4.69) is 0 Å². The summed E-state index contributed by atoms with van der Waals surface area (Å²) in [6, 6.07) is -0.198. The Morgan fingerprint density at radius 1 is 1.22 bits per heavy atom. The summed E-state index contributed by atoms with van der Waals surface area (Å²) in [6.45, 7) is 7.80. The zero-order valence-electron chi connectivity index (χ0n) is 14.5. The quantitative estimate of drug-likeness (QED) is 0.721. The first-order valence-corrected chi connectivity index (χ1v) is 8.15. The van der Waals surface area contributed by atoms with Crippen molar-refractivity contribution in [3.05, 3.63) is 0 Å². The number of urea groups is 1. The topological polar surface area (TPSA) is 70.2 Å². The fourth-order valence-corrected chi connectivity index (χ4v) is 3.10. The fourth-order valence-electron chi connectivity index (χ4n) is 3.10. The molecule has 0 unspecified atom stereocenters. The maximum Gasteiger partial charge on any atom is 0.327 e. The van der Waals surface area contributed by atoms with E-state index in [1.54, 1.807) is 12.0 Å². The second-order valence-electron chi connectivity index (χ2n) is 7.22. The number of rotatable bonds is 4. The molecule has 0 radical (unpaired) electrons. The number of methoxy groups -OCH3 is 1. The van der Waals surface area contributed by atoms with Gasteiger partial charge in [-0.05, 0) is 12.8 Å². The van der Waals surface area contributed by atoms with Crippen molar-refractivity contribution >= 4 is 17.8 Å². The monoisotopic (exact) mass is 325 g/mol. The van der Waals surface area contributed by atoms with Gasteiger partial charge in [-0.25, -0.2) is 4.79 Å². The second kappa shape index (κ2) is 6.86. The molecule has 7 heteroatoms. The van der Waals surface area contributed by atoms with Crippen LogP contribution >= 0.6 is 0 Å². The predicted molar refractivity (Wildman–Crippen MR) is 84.7 cm³/mol. The van der Waals surface area contributed by atoms with Crippen molar-refractivity contribution in [1.29, 1.82) is 0 Å². The van der Waals surface area contributed by atoms with Gasteiger partial charge in [0, 0.05) is 31.7 Å². The molecule has 2 rings (SSSR count). The zero-order valence-corrected chi connectivity index (χ0v) is 14.5. The van der Waals surface area contributed by atoms with Crippen LogP contribution < -0.4 is 0 Å². The normalized spacial score (nSPS) is 20.6. The Balaban J connectivity index is 1.92. The van der Waals surface area contributed by atoms with Crippen molar-refractivity contribution in [2.45, 2.75) is 39.7 Å². The van der Waals surface area contributed by atoms with Gasteiger partial charge < -0.3 is 14.5 Å². The maximum atomic E-state index is 12.4. The number of piperidine rings is 1. The molecule has 2 heterocycles. The van der Waals surface area contributed by atoms with E-state index in [0.717, 1.165) is 12.8 Å². The first kappa shape index (κ1) is 17.7. The molecule has 0 N–H and O–H groups in total. The summed E-state index contributed by atoms with van der Waals surface area (Å²) >= 11 is 0. The molecule has 4 amide bonds. The molecule has 0 aromatic heterocycles. The van der Waals surface area contributed by atoms with Gasteiger partial charge in [-0.3, -0.25) is 14.5 Å². The number of carbonyl (C=O) groups is 3. The van der Waals surface area contributed by atoms with Gasteiger partial charge in [-0.15, -0.1) is 0 Å². The molecule has 7 nitrogen and oxygen atoms in total. The van der Waals surface area contributed by atoms with Crippen molar-refractivity contribution in [2.75, 3.05) is 39.9 Å². The van der Waals surface area contributed by atoms with E-state index in [9.17, 15) is 14.4 Å². The van der Waals surface area contributed by atoms with Crippen molar-refractivity contribution in [1.82, 2.24) is 14.7 Å². The average molecular weight is 325 g/mol. The largest absolute Gasteiger partial charge is 0.383 e. The molecule has 0 aliphatic carbocycles. The Morgan fingerprint density at radius 3 is 2.35 bits per heavy atom. The maximum absolute atomic E-state index is 12.4. The molecular weight excluding hydrogens is 298 g/mol. The molecule has 2 fully saturated rings. The SMILES string of the molecule is COCCN1C(=O)CN(C2CCN(C(=O)C(C)(C)C)CC2)C1=O. The van der Waals surface area contributed by atoms with E-state index in [1.165, 1.54) is 4.90 Å². The third kappa shape index (κ3) is 3.83. The third-order valence-electron chi connectivity index (χ3n) is 4.44. The lowest BCUT2D eigenvalue weighted by Crippen LogP contribution is -2.50. The molecule has 0 aromatic rings. The van der Waals surface area contributed by atoms with Gasteiger partial charge in [0.2, 0.25) is 11.8 Å². The van der Waals surface area contributed by atoms with E-state index < -0.39 is 0 Å². The first-order valence-electron chi connectivity index (χ1n) is 8.15. The van der Waals surface area contributed by atoms with Crippen LogP contribution in [0.5, 0.6) is 0 Å². The van der Waals surface area contributed by atoms with Gasteiger partial charge in [-0.2, -0.15) is 0 Å². The number of amides is 4. The lowest BCUT2D eigenvalue weighted by Gasteiger charge is -2.38. The molecular formula is C16H27N3O4. The number of hydrogen-bond donors (Lipinski definition) is 0. The summed E-state index contributed by atoms with van der Waals surface area (Å²) in [5.74, 6) is -0.0262. The highest BCUT2D eigenvalue weighted by atomic mass is 16.5. The number of imide groups is 1. The van der Waals surface area contributed by atoms with Gasteiger partial charge in [0.1, 0.15) is 6.54 Å². The lowest BCUT2D eigenvalue weighted by molar-refractivity contribution is -0.141. The van der Waals surface area contributed by atoms with Crippen molar-refractivity contribution < 1.29 is 19.1 Å². The van der Waals surface area contributed by atoms with Crippen LogP contribution in [0, 0.1) is 5.41 Å². The summed E-state index contributed by atoms with van der Waals surface area (Å²) in [7, 11) is 1.55. The Labute approximate surface area is 137 Å². The van der Waals surface area contributed by atoms with Crippen LogP contribution in [0.1, 0.15) is 33.6 Å². The summed E-state index contributed by atoms with van der Waals surface area (Å²) in [5, 5.41) is 0. The van der Waals surface area contributed by atoms with Gasteiger partial charge >= 0.3 is 6.03 Å². The molecule has 130 valence electrons. The number of likely N-dealkylation sites (tertiary alicyclic amines) is 1. The minimum Gasteiger partial charge on any atom is -0.383 e. The van der Waals surface area contributed by atoms with Crippen LogP contribution in [0.2, 0.25) is 0 Å². The Bertz CT molecular complexity index is 478. The Hall–Kier alpha value is -1.63. The molecule has 0 spiro atoms. The number of nitrogens with zero attached hydrogens (tertiary/aromatic N) is 3. The minimum atomic E-state index is -0.386. The van der Waals surface area contributed by atoms with Crippen molar-refractivity contribution in [2.24, 2.45) is 5.41 Å². The highest BCUT2D eigenvalue weighted by molar-refractivity contribution is 6.02. The van der Waals surface area contributed by atoms with Crippen LogP contribution in [0.25, 0.3) is 0 Å². The molecule has 0 bridgehead atoms. The Kier molecular flexibility index (Phi) is 5.29. The van der Waals surface area contributed by atoms with Crippen molar-refractivity contribution in [3.8, 4) is 0 Å². The molecule has 0 atom stereocenters. The zero-order chi connectivity index (χ0) is 17.2. The standard InChI is InChI=1S/C16H27N3O4/c1-16(2,3)14(21)17-7-5-12(6-8-17)19-11-13(20)18(15(19)22)9-10-23-4/h12H,5-11H2,1-4H3. The molecule has 23 heavy (non-hydrogen) atoms. The van der Waals surface area contributed by atoms with Crippen molar-refractivity contribution in [3.63, 3.8) is 0 Å². The molecule has 2 aliphatic heterocycles. The Morgan fingerprint density at radius 2 is 1.83 bits per heavy atom. The number of ether oxygens (including phenoxy) is 1. The highest BCUT2D eigenvalue weighted by Gasteiger charge is 2.41. The first-order chi connectivity index (χ1) is 10.8. The number of hydrogen-bond acceptors (Lipinski definition) is 4. The summed E-state index contributed by atoms with van der Waals surface area (Å²) in [4.78, 5) is 41.5. The van der Waals surface area contributed by atoms with Crippen LogP contribution in [0.15, 0.2) is 0 Å². The van der Waals surface area contributed by atoms with E-state index >= 15 is 0 Å². The molecule has 0 saturated carbocycles. The second-order valence-corrected chi connectivity index (χ2v) is 7.22. The van der Waals surface area contributed by atoms with Gasteiger partial charge in [0.25, 0.3) is 0 Å². The van der Waals surface area contributed by atoms with Gasteiger partial charge in [0.15, 0.2) is 0 Å². The van der Waals surface area contributed by atoms with E-state index in [1.807, 2.05) is 25.7 Å². The van der Waals surface area contributed by atoms with Crippen LogP contribution in [0.4, 0.5) is 4.79 Å². The van der Waals surface area contributed by atoms with Gasteiger partial charge in [0.05, 0.1) is 13.2 Å². The molecule has 0 aromatic carbocycles. The summed E-state index contributed by atoms with van der Waals surface area (Å²) in [6.07, 6.45) is 1.44. The third-order valence-corrected chi connectivity index (χ3v) is 4.44. The number of carbonyl (C=O) groups excluding carboxylic acids is 3. The highest BCUT2D eigenvalue weighted by Crippen LogP contribution is 2.25. The van der Waals surface area contributed by atoms with E-state index in [-0.39, 0.29) is 35.8 Å². The van der Waals surface area contributed by atoms with Crippen LogP contribution in [-0.2, 0) is 14.3 Å². The van der Waals surface area contributed by atoms with E-state index in [4.69, 9.17) is 4.74 Å². The average Bonchev–Trinajstić information content (AvgIpc) is 2.78.